The number of carbonyl (C=O) groups excluding carboxylic acids is 1. The van der Waals surface area contributed by atoms with Crippen molar-refractivity contribution in [3.63, 3.8) is 0 Å². The van der Waals surface area contributed by atoms with Crippen molar-refractivity contribution in [2.24, 2.45) is 0 Å². The van der Waals surface area contributed by atoms with Gasteiger partial charge in [-0.1, -0.05) is 0 Å². The van der Waals surface area contributed by atoms with Crippen LogP contribution in [0.25, 0.3) is 0 Å². The Morgan fingerprint density at radius 2 is 2.43 bits per heavy atom. The molecule has 0 unspecified atom stereocenters. The summed E-state index contributed by atoms with van der Waals surface area (Å²) in [6, 6.07) is 0. The first-order valence-electron chi connectivity index (χ1n) is 4.54. The molecule has 2 N–H and O–H groups in total. The molecule has 0 fully saturated rings. The average Bonchev–Trinajstić information content (AvgIpc) is 2.52. The van der Waals surface area contributed by atoms with Crippen molar-refractivity contribution in [3.05, 3.63) is 16.1 Å². The van der Waals surface area contributed by atoms with Crippen LogP contribution in [-0.4, -0.2) is 31.0 Å². The molecule has 0 saturated carbocycles. The predicted molar refractivity (Wildman–Crippen MR) is 57.5 cm³/mol. The zero-order chi connectivity index (χ0) is 10.4. The first kappa shape index (κ1) is 11.1. The van der Waals surface area contributed by atoms with Gasteiger partial charge in [0, 0.05) is 24.0 Å². The summed E-state index contributed by atoms with van der Waals surface area (Å²) in [4.78, 5) is 15.4. The Hall–Kier alpha value is -0.940. The van der Waals surface area contributed by atoms with E-state index in [1.54, 1.807) is 18.4 Å². The molecule has 1 aromatic rings. The van der Waals surface area contributed by atoms with Crippen LogP contribution in [0.2, 0.25) is 0 Å². The molecule has 0 aliphatic carbocycles. The minimum absolute atomic E-state index is 0.0285. The minimum atomic E-state index is 0.0285. The molecule has 14 heavy (non-hydrogen) atoms. The number of hydrogen-bond donors (Lipinski definition) is 2. The van der Waals surface area contributed by atoms with Gasteiger partial charge in [-0.3, -0.25) is 4.79 Å². The Kier molecular flexibility index (Phi) is 4.55. The molecule has 0 spiro atoms. The fraction of sp³-hybridized carbons (Fsp3) is 0.556. The van der Waals surface area contributed by atoms with E-state index in [-0.39, 0.29) is 5.91 Å². The maximum atomic E-state index is 11.0. The number of hydrogen-bond acceptors (Lipinski definition) is 4. The average molecular weight is 213 g/mol. The van der Waals surface area contributed by atoms with Crippen LogP contribution < -0.4 is 10.6 Å². The van der Waals surface area contributed by atoms with Gasteiger partial charge in [0.25, 0.3) is 0 Å². The molecular formula is C9H15N3OS. The quantitative estimate of drug-likeness (QED) is 0.741. The summed E-state index contributed by atoms with van der Waals surface area (Å²) in [5.41, 5.74) is 1.05. The molecule has 4 nitrogen and oxygen atoms in total. The third-order valence-corrected chi connectivity index (χ3v) is 2.69. The van der Waals surface area contributed by atoms with Crippen LogP contribution in [0.1, 0.15) is 10.7 Å². The van der Waals surface area contributed by atoms with Gasteiger partial charge in [-0.15, -0.1) is 11.3 Å². The normalized spacial score (nSPS) is 10.1. The van der Waals surface area contributed by atoms with Crippen LogP contribution >= 0.6 is 11.3 Å². The highest BCUT2D eigenvalue weighted by Crippen LogP contribution is 2.08. The van der Waals surface area contributed by atoms with Crippen molar-refractivity contribution in [3.8, 4) is 0 Å². The van der Waals surface area contributed by atoms with E-state index in [2.05, 4.69) is 15.6 Å². The summed E-state index contributed by atoms with van der Waals surface area (Å²) in [6.45, 7) is 3.00. The molecule has 0 aliphatic rings. The van der Waals surface area contributed by atoms with Crippen molar-refractivity contribution < 1.29 is 4.79 Å². The second kappa shape index (κ2) is 5.72. The molecule has 0 aliphatic heterocycles. The smallest absolute Gasteiger partial charge is 0.233 e. The zero-order valence-corrected chi connectivity index (χ0v) is 9.28. The lowest BCUT2D eigenvalue weighted by Gasteiger charge is -2.02. The third-order valence-electron chi connectivity index (χ3n) is 1.66. The topological polar surface area (TPSA) is 54.0 Å². The van der Waals surface area contributed by atoms with Crippen LogP contribution in [0.3, 0.4) is 0 Å². The maximum absolute atomic E-state index is 11.0. The van der Waals surface area contributed by atoms with Crippen molar-refractivity contribution in [2.75, 3.05) is 20.1 Å². The van der Waals surface area contributed by atoms with Crippen molar-refractivity contribution in [1.82, 2.24) is 15.6 Å². The standard InChI is InChI=1S/C9H15N3OS/c1-7-6-14-9(12-7)3-4-11-8(13)5-10-2/h6,10H,3-5H2,1-2H3,(H,11,13). The number of aryl methyl sites for hydroxylation is 1. The molecule has 1 heterocycles. The van der Waals surface area contributed by atoms with Crippen LogP contribution in [-0.2, 0) is 11.2 Å². The molecule has 78 valence electrons. The summed E-state index contributed by atoms with van der Waals surface area (Å²) < 4.78 is 0. The highest BCUT2D eigenvalue weighted by atomic mass is 32.1. The summed E-state index contributed by atoms with van der Waals surface area (Å²) in [6.07, 6.45) is 0.813. The monoisotopic (exact) mass is 213 g/mol. The van der Waals surface area contributed by atoms with Gasteiger partial charge in [-0.2, -0.15) is 0 Å². The van der Waals surface area contributed by atoms with Gasteiger partial charge in [0.05, 0.1) is 11.6 Å². The lowest BCUT2D eigenvalue weighted by atomic mass is 10.4. The Morgan fingerprint density at radius 1 is 1.64 bits per heavy atom. The molecule has 0 radical (unpaired) electrons. The highest BCUT2D eigenvalue weighted by Gasteiger charge is 2.00. The summed E-state index contributed by atoms with van der Waals surface area (Å²) >= 11 is 1.64. The number of aromatic nitrogens is 1. The number of likely N-dealkylation sites (N-methyl/N-ethyl adjacent to an activating group) is 1. The van der Waals surface area contributed by atoms with E-state index in [0.717, 1.165) is 17.1 Å². The van der Waals surface area contributed by atoms with Crippen LogP contribution in [0.5, 0.6) is 0 Å². The molecule has 1 aromatic heterocycles. The van der Waals surface area contributed by atoms with Gasteiger partial charge in [0.1, 0.15) is 0 Å². The zero-order valence-electron chi connectivity index (χ0n) is 8.46. The molecule has 5 heteroatoms. The summed E-state index contributed by atoms with van der Waals surface area (Å²) in [5, 5.41) is 8.70. The second-order valence-electron chi connectivity index (χ2n) is 3.01. The second-order valence-corrected chi connectivity index (χ2v) is 3.96. The van der Waals surface area contributed by atoms with Gasteiger partial charge >= 0.3 is 0 Å². The van der Waals surface area contributed by atoms with E-state index in [0.29, 0.717) is 13.1 Å². The van der Waals surface area contributed by atoms with Crippen molar-refractivity contribution in [2.45, 2.75) is 13.3 Å². The Balaban J connectivity index is 2.18. The number of amides is 1. The Morgan fingerprint density at radius 3 is 3.00 bits per heavy atom. The van der Waals surface area contributed by atoms with E-state index in [1.165, 1.54) is 0 Å². The fourth-order valence-corrected chi connectivity index (χ4v) is 1.83. The van der Waals surface area contributed by atoms with Gasteiger partial charge in [-0.25, -0.2) is 4.98 Å². The molecule has 1 amide bonds. The molecule has 0 bridgehead atoms. The summed E-state index contributed by atoms with van der Waals surface area (Å²) in [5.74, 6) is 0.0285. The van der Waals surface area contributed by atoms with Crippen LogP contribution in [0.15, 0.2) is 5.38 Å². The molecule has 0 saturated heterocycles. The number of nitrogens with zero attached hydrogens (tertiary/aromatic N) is 1. The lowest BCUT2D eigenvalue weighted by Crippen LogP contribution is -2.33. The van der Waals surface area contributed by atoms with E-state index in [4.69, 9.17) is 0 Å². The van der Waals surface area contributed by atoms with Crippen LogP contribution in [0.4, 0.5) is 0 Å². The molecule has 1 rings (SSSR count). The van der Waals surface area contributed by atoms with E-state index in [1.807, 2.05) is 12.3 Å². The van der Waals surface area contributed by atoms with E-state index in [9.17, 15) is 4.79 Å². The molecular weight excluding hydrogens is 198 g/mol. The van der Waals surface area contributed by atoms with E-state index < -0.39 is 0 Å². The SMILES string of the molecule is CNCC(=O)NCCc1nc(C)cs1. The number of carbonyl (C=O) groups is 1. The Labute approximate surface area is 87.7 Å². The summed E-state index contributed by atoms with van der Waals surface area (Å²) in [7, 11) is 1.75. The van der Waals surface area contributed by atoms with E-state index >= 15 is 0 Å². The molecule has 0 aromatic carbocycles. The van der Waals surface area contributed by atoms with Crippen LogP contribution in [0, 0.1) is 6.92 Å². The minimum Gasteiger partial charge on any atom is -0.355 e. The number of thiazole rings is 1. The number of rotatable bonds is 5. The molecule has 0 atom stereocenters. The van der Waals surface area contributed by atoms with Gasteiger partial charge < -0.3 is 10.6 Å². The van der Waals surface area contributed by atoms with Crippen molar-refractivity contribution >= 4 is 17.2 Å². The largest absolute Gasteiger partial charge is 0.355 e. The van der Waals surface area contributed by atoms with Gasteiger partial charge in [0.15, 0.2) is 0 Å². The first-order valence-corrected chi connectivity index (χ1v) is 5.42. The first-order chi connectivity index (χ1) is 6.72. The van der Waals surface area contributed by atoms with Crippen molar-refractivity contribution in [1.29, 1.82) is 0 Å². The maximum Gasteiger partial charge on any atom is 0.233 e. The highest BCUT2D eigenvalue weighted by molar-refractivity contribution is 7.09. The number of nitrogens with one attached hydrogen (secondary N) is 2. The fourth-order valence-electron chi connectivity index (χ4n) is 1.05. The van der Waals surface area contributed by atoms with Gasteiger partial charge in [-0.05, 0) is 14.0 Å². The third kappa shape index (κ3) is 3.85. The predicted octanol–water partition coefficient (Wildman–Crippen LogP) is 0.330. The lowest BCUT2D eigenvalue weighted by molar-refractivity contribution is -0.120. The Bertz CT molecular complexity index is 298. The van der Waals surface area contributed by atoms with Gasteiger partial charge in [0.2, 0.25) is 5.91 Å².